The van der Waals surface area contributed by atoms with Crippen LogP contribution in [0.1, 0.15) is 24.5 Å². The topological polar surface area (TPSA) is 67.1 Å². The lowest BCUT2D eigenvalue weighted by molar-refractivity contribution is 0.518. The van der Waals surface area contributed by atoms with Gasteiger partial charge in [-0.15, -0.1) is 21.5 Å². The zero-order chi connectivity index (χ0) is 18.4. The van der Waals surface area contributed by atoms with Crippen LogP contribution in [0.15, 0.2) is 59.2 Å². The number of nitrogens with zero attached hydrogens (tertiary/aromatic N) is 4. The van der Waals surface area contributed by atoms with Crippen molar-refractivity contribution in [1.29, 1.82) is 0 Å². The van der Waals surface area contributed by atoms with Crippen molar-refractivity contribution >= 4 is 17.3 Å². The lowest BCUT2D eigenvalue weighted by Gasteiger charge is -2.25. The number of rotatable bonds is 6. The average Bonchev–Trinajstić information content (AvgIpc) is 3.35. The summed E-state index contributed by atoms with van der Waals surface area (Å²) in [7, 11) is 1.77. The Bertz CT molecular complexity index is 836. The molecule has 2 heterocycles. The Morgan fingerprint density at radius 1 is 1.15 bits per heavy atom. The van der Waals surface area contributed by atoms with Crippen molar-refractivity contribution in [1.82, 2.24) is 25.4 Å². The lowest BCUT2D eigenvalue weighted by atomic mass is 9.91. The first-order valence-corrected chi connectivity index (χ1v) is 9.41. The van der Waals surface area contributed by atoms with Crippen LogP contribution in [0.4, 0.5) is 0 Å². The quantitative estimate of drug-likeness (QED) is 0.518. The molecule has 0 fully saturated rings. The fourth-order valence-corrected chi connectivity index (χ4v) is 3.47. The number of benzene rings is 1. The monoisotopic (exact) mass is 368 g/mol. The van der Waals surface area contributed by atoms with Crippen LogP contribution in [0, 0.1) is 0 Å². The molecule has 0 saturated carbocycles. The summed E-state index contributed by atoms with van der Waals surface area (Å²) in [6.07, 6.45) is 1.72. The molecular formula is C19H24N6S. The molecule has 0 saturated heterocycles. The molecule has 0 unspecified atom stereocenters. The van der Waals surface area contributed by atoms with Gasteiger partial charge in [0.15, 0.2) is 11.8 Å². The molecule has 0 aliphatic heterocycles. The molecule has 2 aromatic heterocycles. The molecule has 0 aliphatic rings. The van der Waals surface area contributed by atoms with Crippen LogP contribution < -0.4 is 10.6 Å². The first kappa shape index (κ1) is 18.1. The van der Waals surface area contributed by atoms with E-state index in [0.29, 0.717) is 6.54 Å². The van der Waals surface area contributed by atoms with E-state index in [4.69, 9.17) is 0 Å². The molecule has 2 N–H and O–H groups in total. The summed E-state index contributed by atoms with van der Waals surface area (Å²) < 4.78 is 1.97. The summed E-state index contributed by atoms with van der Waals surface area (Å²) in [4.78, 5) is 5.67. The van der Waals surface area contributed by atoms with E-state index in [1.807, 2.05) is 34.9 Å². The van der Waals surface area contributed by atoms with Gasteiger partial charge in [-0.1, -0.05) is 38.1 Å². The second-order valence-corrected chi connectivity index (χ2v) is 7.54. The van der Waals surface area contributed by atoms with Gasteiger partial charge < -0.3 is 10.6 Å². The van der Waals surface area contributed by atoms with Crippen LogP contribution in [0.3, 0.4) is 0 Å². The van der Waals surface area contributed by atoms with Crippen LogP contribution in [0.2, 0.25) is 0 Å². The Balaban J connectivity index is 1.60. The van der Waals surface area contributed by atoms with E-state index < -0.39 is 0 Å². The van der Waals surface area contributed by atoms with Gasteiger partial charge in [0.1, 0.15) is 6.33 Å². The van der Waals surface area contributed by atoms with Gasteiger partial charge in [-0.05, 0) is 23.6 Å². The number of hydrogen-bond donors (Lipinski definition) is 2. The van der Waals surface area contributed by atoms with Crippen molar-refractivity contribution in [3.8, 4) is 5.69 Å². The SMILES string of the molecule is CN=C(NCc1nncn1-c1ccccc1)NCC(C)(C)c1cccs1. The Morgan fingerprint density at radius 3 is 2.65 bits per heavy atom. The van der Waals surface area contributed by atoms with Crippen molar-refractivity contribution in [3.63, 3.8) is 0 Å². The van der Waals surface area contributed by atoms with Crippen molar-refractivity contribution in [3.05, 3.63) is 64.9 Å². The highest BCUT2D eigenvalue weighted by Crippen LogP contribution is 2.26. The average molecular weight is 369 g/mol. The Morgan fingerprint density at radius 2 is 1.96 bits per heavy atom. The van der Waals surface area contributed by atoms with Gasteiger partial charge in [0.05, 0.1) is 6.54 Å². The number of thiophene rings is 1. The van der Waals surface area contributed by atoms with Crippen LogP contribution >= 0.6 is 11.3 Å². The number of aliphatic imine (C=N–C) groups is 1. The van der Waals surface area contributed by atoms with E-state index in [1.54, 1.807) is 24.7 Å². The van der Waals surface area contributed by atoms with Crippen LogP contribution in [-0.2, 0) is 12.0 Å². The van der Waals surface area contributed by atoms with E-state index in [0.717, 1.165) is 24.0 Å². The highest BCUT2D eigenvalue weighted by atomic mass is 32.1. The largest absolute Gasteiger partial charge is 0.356 e. The second kappa shape index (κ2) is 8.14. The third-order valence-corrected chi connectivity index (χ3v) is 5.41. The Hall–Kier alpha value is -2.67. The van der Waals surface area contributed by atoms with E-state index in [-0.39, 0.29) is 5.41 Å². The van der Waals surface area contributed by atoms with E-state index >= 15 is 0 Å². The van der Waals surface area contributed by atoms with Crippen molar-refractivity contribution in [2.24, 2.45) is 4.99 Å². The number of aromatic nitrogens is 3. The second-order valence-electron chi connectivity index (χ2n) is 6.59. The zero-order valence-electron chi connectivity index (χ0n) is 15.3. The van der Waals surface area contributed by atoms with Crippen LogP contribution in [0.25, 0.3) is 5.69 Å². The van der Waals surface area contributed by atoms with Gasteiger partial charge in [0.2, 0.25) is 0 Å². The molecule has 1 aromatic carbocycles. The van der Waals surface area contributed by atoms with E-state index in [2.05, 4.69) is 57.2 Å². The molecule has 7 heteroatoms. The number of nitrogens with one attached hydrogen (secondary N) is 2. The minimum atomic E-state index is 0.0375. The molecule has 0 spiro atoms. The smallest absolute Gasteiger partial charge is 0.191 e. The van der Waals surface area contributed by atoms with Gasteiger partial charge in [-0.25, -0.2) is 0 Å². The molecule has 0 radical (unpaired) electrons. The molecule has 0 aliphatic carbocycles. The number of para-hydroxylation sites is 1. The van der Waals surface area contributed by atoms with Gasteiger partial charge in [-0.3, -0.25) is 9.56 Å². The molecule has 3 aromatic rings. The summed E-state index contributed by atoms with van der Waals surface area (Å²) in [5.41, 5.74) is 1.08. The third-order valence-electron chi connectivity index (χ3n) is 4.18. The predicted octanol–water partition coefficient (Wildman–Crippen LogP) is 2.97. The highest BCUT2D eigenvalue weighted by Gasteiger charge is 2.22. The summed E-state index contributed by atoms with van der Waals surface area (Å²) in [5.74, 6) is 1.58. The molecule has 3 rings (SSSR count). The zero-order valence-corrected chi connectivity index (χ0v) is 16.1. The molecule has 0 amide bonds. The summed E-state index contributed by atoms with van der Waals surface area (Å²) in [6.45, 7) is 5.78. The maximum absolute atomic E-state index is 4.31. The third kappa shape index (κ3) is 4.29. The predicted molar refractivity (Wildman–Crippen MR) is 107 cm³/mol. The molecular weight excluding hydrogens is 344 g/mol. The van der Waals surface area contributed by atoms with Gasteiger partial charge in [0, 0.05) is 29.6 Å². The van der Waals surface area contributed by atoms with E-state index in [1.165, 1.54) is 4.88 Å². The minimum absolute atomic E-state index is 0.0375. The minimum Gasteiger partial charge on any atom is -0.356 e. The fourth-order valence-electron chi connectivity index (χ4n) is 2.62. The normalized spacial score (nSPS) is 12.2. The number of hydrogen-bond acceptors (Lipinski definition) is 4. The van der Waals surface area contributed by atoms with Gasteiger partial charge in [-0.2, -0.15) is 0 Å². The standard InChI is InChI=1S/C19H24N6S/c1-19(2,16-10-7-11-26-16)13-22-18(20-3)21-12-17-24-23-14-25(17)15-8-5-4-6-9-15/h4-11,14H,12-13H2,1-3H3,(H2,20,21,22). The highest BCUT2D eigenvalue weighted by molar-refractivity contribution is 7.10. The summed E-state index contributed by atoms with van der Waals surface area (Å²) in [5, 5.41) is 17.1. The van der Waals surface area contributed by atoms with Crippen molar-refractivity contribution in [2.45, 2.75) is 25.8 Å². The van der Waals surface area contributed by atoms with Gasteiger partial charge >= 0.3 is 0 Å². The van der Waals surface area contributed by atoms with Crippen LogP contribution in [0.5, 0.6) is 0 Å². The molecule has 0 bridgehead atoms. The van der Waals surface area contributed by atoms with Crippen molar-refractivity contribution < 1.29 is 0 Å². The first-order valence-electron chi connectivity index (χ1n) is 8.53. The van der Waals surface area contributed by atoms with Crippen molar-refractivity contribution in [2.75, 3.05) is 13.6 Å². The fraction of sp³-hybridized carbons (Fsp3) is 0.316. The molecule has 0 atom stereocenters. The number of guanidine groups is 1. The Kier molecular flexibility index (Phi) is 5.68. The van der Waals surface area contributed by atoms with Gasteiger partial charge in [0.25, 0.3) is 0 Å². The summed E-state index contributed by atoms with van der Waals surface area (Å²) >= 11 is 1.78. The Labute approximate surface area is 158 Å². The first-order chi connectivity index (χ1) is 12.6. The van der Waals surface area contributed by atoms with Crippen LogP contribution in [-0.4, -0.2) is 34.3 Å². The maximum Gasteiger partial charge on any atom is 0.191 e. The van der Waals surface area contributed by atoms with E-state index in [9.17, 15) is 0 Å². The molecule has 136 valence electrons. The summed E-state index contributed by atoms with van der Waals surface area (Å²) in [6, 6.07) is 14.3. The molecule has 26 heavy (non-hydrogen) atoms. The maximum atomic E-state index is 4.31. The molecule has 6 nitrogen and oxygen atoms in total. The lowest BCUT2D eigenvalue weighted by Crippen LogP contribution is -2.43.